The van der Waals surface area contributed by atoms with Gasteiger partial charge < -0.3 is 20.7 Å². The summed E-state index contributed by atoms with van der Waals surface area (Å²) in [5, 5.41) is 12.3. The van der Waals surface area contributed by atoms with E-state index in [9.17, 15) is 9.90 Å². The monoisotopic (exact) mass is 239 g/mol. The molecule has 4 N–H and O–H groups in total. The van der Waals surface area contributed by atoms with Gasteiger partial charge in [0.2, 0.25) is 0 Å². The molecule has 0 saturated carbocycles. The van der Waals surface area contributed by atoms with Crippen molar-refractivity contribution in [2.45, 2.75) is 26.4 Å². The summed E-state index contributed by atoms with van der Waals surface area (Å²) in [5.41, 5.74) is 6.64. The summed E-state index contributed by atoms with van der Waals surface area (Å²) in [6.45, 7) is 4.33. The second-order valence-corrected chi connectivity index (χ2v) is 4.76. The lowest BCUT2D eigenvalue weighted by Crippen LogP contribution is -2.33. The number of anilines is 1. The summed E-state index contributed by atoms with van der Waals surface area (Å²) in [6, 6.07) is 1.62. The van der Waals surface area contributed by atoms with E-state index in [4.69, 9.17) is 5.73 Å². The highest BCUT2D eigenvalue weighted by molar-refractivity contribution is 5.93. The van der Waals surface area contributed by atoms with Gasteiger partial charge in [-0.2, -0.15) is 0 Å². The highest BCUT2D eigenvalue weighted by Gasteiger charge is 2.13. The number of aliphatic hydroxyl groups is 1. The standard InChI is InChI=1S/C12H21N3O2/c1-8(2)4-10(16)6-14-12(17)11-5-9(13)7-15(11)3/h5,7-8,10,16H,4,6,13H2,1-3H3,(H,14,17). The first-order valence-electron chi connectivity index (χ1n) is 5.78. The van der Waals surface area contributed by atoms with E-state index in [-0.39, 0.29) is 12.5 Å². The lowest BCUT2D eigenvalue weighted by Gasteiger charge is -2.13. The molecular weight excluding hydrogens is 218 g/mol. The number of rotatable bonds is 5. The number of carbonyl (C=O) groups is 1. The second-order valence-electron chi connectivity index (χ2n) is 4.76. The van der Waals surface area contributed by atoms with Crippen molar-refractivity contribution in [1.82, 2.24) is 9.88 Å². The van der Waals surface area contributed by atoms with Gasteiger partial charge in [0, 0.05) is 19.8 Å². The lowest BCUT2D eigenvalue weighted by molar-refractivity contribution is 0.0892. The number of amides is 1. The van der Waals surface area contributed by atoms with Gasteiger partial charge in [0.05, 0.1) is 11.8 Å². The summed E-state index contributed by atoms with van der Waals surface area (Å²) in [6.07, 6.45) is 1.85. The summed E-state index contributed by atoms with van der Waals surface area (Å²) < 4.78 is 1.67. The molecule has 1 rings (SSSR count). The average molecular weight is 239 g/mol. The third-order valence-corrected chi connectivity index (χ3v) is 2.50. The van der Waals surface area contributed by atoms with E-state index in [0.29, 0.717) is 23.7 Å². The van der Waals surface area contributed by atoms with Crippen LogP contribution < -0.4 is 11.1 Å². The van der Waals surface area contributed by atoms with Crippen LogP contribution >= 0.6 is 0 Å². The first-order valence-corrected chi connectivity index (χ1v) is 5.78. The fraction of sp³-hybridized carbons (Fsp3) is 0.583. The Labute approximate surface area is 102 Å². The fourth-order valence-corrected chi connectivity index (χ4v) is 1.74. The Kier molecular flexibility index (Phi) is 4.57. The molecule has 96 valence electrons. The Morgan fingerprint density at radius 2 is 2.24 bits per heavy atom. The number of aromatic nitrogens is 1. The van der Waals surface area contributed by atoms with Crippen LogP contribution in [0.1, 0.15) is 30.8 Å². The van der Waals surface area contributed by atoms with Crippen LogP contribution in [-0.4, -0.2) is 28.2 Å². The molecule has 0 saturated heterocycles. The molecule has 0 aliphatic heterocycles. The molecule has 0 fully saturated rings. The summed E-state index contributed by atoms with van der Waals surface area (Å²) >= 11 is 0. The van der Waals surface area contributed by atoms with Gasteiger partial charge in [0.15, 0.2) is 0 Å². The fourth-order valence-electron chi connectivity index (χ4n) is 1.74. The van der Waals surface area contributed by atoms with Crippen LogP contribution in [-0.2, 0) is 7.05 Å². The number of nitrogens with one attached hydrogen (secondary N) is 1. The number of hydrogen-bond acceptors (Lipinski definition) is 3. The first kappa shape index (κ1) is 13.6. The van der Waals surface area contributed by atoms with Crippen molar-refractivity contribution in [3.63, 3.8) is 0 Å². The van der Waals surface area contributed by atoms with Crippen molar-refractivity contribution in [3.05, 3.63) is 18.0 Å². The van der Waals surface area contributed by atoms with Gasteiger partial charge in [0.25, 0.3) is 5.91 Å². The Morgan fingerprint density at radius 3 is 2.71 bits per heavy atom. The SMILES string of the molecule is CC(C)CC(O)CNC(=O)c1cc(N)cn1C. The van der Waals surface area contributed by atoms with Gasteiger partial charge in [-0.1, -0.05) is 13.8 Å². The van der Waals surface area contributed by atoms with Crippen molar-refractivity contribution in [3.8, 4) is 0 Å². The maximum atomic E-state index is 11.8. The van der Waals surface area contributed by atoms with Crippen molar-refractivity contribution in [2.75, 3.05) is 12.3 Å². The van der Waals surface area contributed by atoms with Crippen LogP contribution in [0.3, 0.4) is 0 Å². The van der Waals surface area contributed by atoms with Gasteiger partial charge in [-0.25, -0.2) is 0 Å². The molecule has 0 aromatic carbocycles. The summed E-state index contributed by atoms with van der Waals surface area (Å²) in [5.74, 6) is 0.194. The van der Waals surface area contributed by atoms with E-state index in [1.807, 2.05) is 13.8 Å². The van der Waals surface area contributed by atoms with Crippen LogP contribution in [0.25, 0.3) is 0 Å². The van der Waals surface area contributed by atoms with E-state index in [1.165, 1.54) is 0 Å². The predicted octanol–water partition coefficient (Wildman–Crippen LogP) is 0.744. The molecule has 0 bridgehead atoms. The third-order valence-electron chi connectivity index (χ3n) is 2.50. The Morgan fingerprint density at radius 1 is 1.59 bits per heavy atom. The number of carbonyl (C=O) groups excluding carboxylic acids is 1. The zero-order valence-corrected chi connectivity index (χ0v) is 10.6. The van der Waals surface area contributed by atoms with Gasteiger partial charge in [-0.15, -0.1) is 0 Å². The van der Waals surface area contributed by atoms with Gasteiger partial charge in [-0.05, 0) is 18.4 Å². The average Bonchev–Trinajstić information content (AvgIpc) is 2.53. The second kappa shape index (κ2) is 5.72. The van der Waals surface area contributed by atoms with E-state index < -0.39 is 6.10 Å². The zero-order chi connectivity index (χ0) is 13.0. The van der Waals surface area contributed by atoms with E-state index in [1.54, 1.807) is 23.9 Å². The number of aliphatic hydroxyl groups excluding tert-OH is 1. The van der Waals surface area contributed by atoms with Gasteiger partial charge in [0.1, 0.15) is 5.69 Å². The minimum Gasteiger partial charge on any atom is -0.397 e. The number of nitrogens with two attached hydrogens (primary N) is 1. The van der Waals surface area contributed by atoms with Crippen LogP contribution in [0, 0.1) is 5.92 Å². The van der Waals surface area contributed by atoms with E-state index in [0.717, 1.165) is 0 Å². The van der Waals surface area contributed by atoms with E-state index >= 15 is 0 Å². The topological polar surface area (TPSA) is 80.3 Å². The highest BCUT2D eigenvalue weighted by atomic mass is 16.3. The van der Waals surface area contributed by atoms with Crippen molar-refractivity contribution in [2.24, 2.45) is 13.0 Å². The molecular formula is C12H21N3O2. The normalized spacial score (nSPS) is 12.8. The van der Waals surface area contributed by atoms with Crippen molar-refractivity contribution >= 4 is 11.6 Å². The molecule has 17 heavy (non-hydrogen) atoms. The third kappa shape index (κ3) is 4.11. The van der Waals surface area contributed by atoms with Crippen LogP contribution in [0.4, 0.5) is 5.69 Å². The first-order chi connectivity index (χ1) is 7.90. The number of hydrogen-bond donors (Lipinski definition) is 3. The molecule has 0 aliphatic carbocycles. The Bertz CT molecular complexity index is 385. The molecule has 0 aliphatic rings. The maximum Gasteiger partial charge on any atom is 0.268 e. The van der Waals surface area contributed by atoms with Crippen molar-refractivity contribution in [1.29, 1.82) is 0 Å². The molecule has 1 aromatic heterocycles. The van der Waals surface area contributed by atoms with Crippen LogP contribution in [0.2, 0.25) is 0 Å². The smallest absolute Gasteiger partial charge is 0.268 e. The van der Waals surface area contributed by atoms with Crippen molar-refractivity contribution < 1.29 is 9.90 Å². The zero-order valence-electron chi connectivity index (χ0n) is 10.6. The quantitative estimate of drug-likeness (QED) is 0.709. The van der Waals surface area contributed by atoms with Gasteiger partial charge in [-0.3, -0.25) is 4.79 Å². The number of aryl methyl sites for hydroxylation is 1. The molecule has 0 spiro atoms. The van der Waals surface area contributed by atoms with E-state index in [2.05, 4.69) is 5.32 Å². The molecule has 1 heterocycles. The number of nitrogen functional groups attached to an aromatic ring is 1. The lowest BCUT2D eigenvalue weighted by atomic mass is 10.1. The van der Waals surface area contributed by atoms with Crippen LogP contribution in [0.15, 0.2) is 12.3 Å². The van der Waals surface area contributed by atoms with Gasteiger partial charge >= 0.3 is 0 Å². The molecule has 1 atom stereocenters. The highest BCUT2D eigenvalue weighted by Crippen LogP contribution is 2.08. The Hall–Kier alpha value is -1.49. The molecule has 5 nitrogen and oxygen atoms in total. The van der Waals surface area contributed by atoms with Crippen LogP contribution in [0.5, 0.6) is 0 Å². The minimum absolute atomic E-state index is 0.216. The molecule has 1 amide bonds. The molecule has 0 radical (unpaired) electrons. The maximum absolute atomic E-state index is 11.8. The molecule has 5 heteroatoms. The minimum atomic E-state index is -0.503. The molecule has 1 unspecified atom stereocenters. The molecule has 1 aromatic rings. The largest absolute Gasteiger partial charge is 0.397 e. The summed E-state index contributed by atoms with van der Waals surface area (Å²) in [4.78, 5) is 11.8. The summed E-state index contributed by atoms with van der Waals surface area (Å²) in [7, 11) is 1.76. The number of nitrogens with zero attached hydrogens (tertiary/aromatic N) is 1. The predicted molar refractivity (Wildman–Crippen MR) is 67.6 cm³/mol. The Balaban J connectivity index is 2.47.